The van der Waals surface area contributed by atoms with Crippen molar-refractivity contribution in [2.45, 2.75) is 0 Å². The van der Waals surface area contributed by atoms with E-state index in [-0.39, 0.29) is 5.78 Å². The smallest absolute Gasteiger partial charge is 0.197 e. The Hall–Kier alpha value is -3.03. The van der Waals surface area contributed by atoms with E-state index >= 15 is 0 Å². The predicted molar refractivity (Wildman–Crippen MR) is 87.1 cm³/mol. The zero-order valence-electron chi connectivity index (χ0n) is 11.9. The molecule has 23 heavy (non-hydrogen) atoms. The van der Waals surface area contributed by atoms with E-state index in [9.17, 15) is 4.79 Å². The highest BCUT2D eigenvalue weighted by atomic mass is 35.5. The van der Waals surface area contributed by atoms with Crippen LogP contribution in [0.4, 0.5) is 0 Å². The van der Waals surface area contributed by atoms with Gasteiger partial charge in [-0.05, 0) is 30.2 Å². The maximum atomic E-state index is 12.7. The molecule has 0 unspecified atom stereocenters. The molecule has 0 aliphatic carbocycles. The second-order valence-corrected chi connectivity index (χ2v) is 4.99. The van der Waals surface area contributed by atoms with Gasteiger partial charge in [0.2, 0.25) is 0 Å². The number of pyridine rings is 1. The summed E-state index contributed by atoms with van der Waals surface area (Å²) in [5.41, 5.74) is 1.87. The topological polar surface area (TPSA) is 55.7 Å². The van der Waals surface area contributed by atoms with Crippen molar-refractivity contribution < 1.29 is 4.79 Å². The fraction of sp³-hybridized carbons (Fsp3) is 0. The van der Waals surface area contributed by atoms with E-state index in [1.807, 2.05) is 0 Å². The van der Waals surface area contributed by atoms with Crippen molar-refractivity contribution in [1.29, 1.82) is 0 Å². The van der Waals surface area contributed by atoms with Crippen molar-refractivity contribution in [2.24, 2.45) is 0 Å². The summed E-state index contributed by atoms with van der Waals surface area (Å²) in [6.07, 6.45) is 6.21. The summed E-state index contributed by atoms with van der Waals surface area (Å²) in [7, 11) is 0. The first-order chi connectivity index (χ1) is 11.3. The van der Waals surface area contributed by atoms with Crippen LogP contribution in [0.2, 0.25) is 5.02 Å². The van der Waals surface area contributed by atoms with Gasteiger partial charge >= 0.3 is 0 Å². The van der Waals surface area contributed by atoms with Crippen molar-refractivity contribution >= 4 is 17.4 Å². The molecule has 2 heterocycles. The molecule has 0 saturated heterocycles. The summed E-state index contributed by atoms with van der Waals surface area (Å²) in [4.78, 5) is 24.7. The van der Waals surface area contributed by atoms with Crippen LogP contribution in [-0.4, -0.2) is 20.7 Å². The Morgan fingerprint density at radius 1 is 0.957 bits per heavy atom. The quantitative estimate of drug-likeness (QED) is 0.538. The largest absolute Gasteiger partial charge is 0.288 e. The Morgan fingerprint density at radius 2 is 1.70 bits per heavy atom. The predicted octanol–water partition coefficient (Wildman–Crippen LogP) is 3.16. The van der Waals surface area contributed by atoms with E-state index < -0.39 is 0 Å². The molecule has 2 aromatic heterocycles. The fourth-order valence-electron chi connectivity index (χ4n) is 1.97. The first-order valence-corrected chi connectivity index (χ1v) is 7.15. The van der Waals surface area contributed by atoms with Gasteiger partial charge in [0.1, 0.15) is 12.0 Å². The molecule has 3 aromatic rings. The number of rotatable bonds is 2. The molecule has 0 bridgehead atoms. The molecule has 0 atom stereocenters. The van der Waals surface area contributed by atoms with Gasteiger partial charge in [0, 0.05) is 24.2 Å². The lowest BCUT2D eigenvalue weighted by Gasteiger charge is -2.04. The number of carbonyl (C=O) groups is 1. The third-order valence-electron chi connectivity index (χ3n) is 3.06. The van der Waals surface area contributed by atoms with Crippen LogP contribution in [0.25, 0.3) is 0 Å². The number of hydrogen-bond acceptors (Lipinski definition) is 4. The summed E-state index contributed by atoms with van der Waals surface area (Å²) in [6, 6.07) is 10.3. The van der Waals surface area contributed by atoms with Crippen molar-refractivity contribution in [3.05, 3.63) is 88.7 Å². The zero-order valence-corrected chi connectivity index (χ0v) is 12.7. The number of benzene rings is 1. The highest BCUT2D eigenvalue weighted by Gasteiger charge is 2.15. The van der Waals surface area contributed by atoms with E-state index in [0.717, 1.165) is 0 Å². The second-order valence-electron chi connectivity index (χ2n) is 4.59. The van der Waals surface area contributed by atoms with Crippen LogP contribution in [-0.2, 0) is 0 Å². The molecule has 0 aliphatic heterocycles. The number of halogens is 1. The number of nitrogens with zero attached hydrogens (tertiary/aromatic N) is 3. The number of carbonyl (C=O) groups excluding carboxylic acids is 1. The molecule has 0 spiro atoms. The fourth-order valence-corrected chi connectivity index (χ4v) is 2.20. The lowest BCUT2D eigenvalue weighted by atomic mass is 10.0. The molecule has 0 fully saturated rings. The summed E-state index contributed by atoms with van der Waals surface area (Å²) in [5, 5.41) is 0.400. The first kappa shape index (κ1) is 14.9. The van der Waals surface area contributed by atoms with Gasteiger partial charge in [-0.1, -0.05) is 29.7 Å². The van der Waals surface area contributed by atoms with E-state index in [1.165, 1.54) is 6.33 Å². The number of hydrogen-bond donors (Lipinski definition) is 0. The standard InChI is InChI=1S/C18H10ClN3O/c19-16-6-2-1-4-14(16)18(23)15-5-3-9-22-17(15)8-7-13-10-20-12-21-11-13/h1-6,9-12H. The third kappa shape index (κ3) is 3.42. The summed E-state index contributed by atoms with van der Waals surface area (Å²) >= 11 is 6.10. The van der Waals surface area contributed by atoms with Gasteiger partial charge in [-0.25, -0.2) is 15.0 Å². The normalized spacial score (nSPS) is 9.78. The monoisotopic (exact) mass is 319 g/mol. The number of ketones is 1. The highest BCUT2D eigenvalue weighted by Crippen LogP contribution is 2.20. The van der Waals surface area contributed by atoms with Crippen molar-refractivity contribution in [3.8, 4) is 11.8 Å². The Balaban J connectivity index is 2.01. The highest BCUT2D eigenvalue weighted by molar-refractivity contribution is 6.35. The SMILES string of the molecule is O=C(c1ccccc1Cl)c1cccnc1C#Cc1cncnc1. The Bertz CT molecular complexity index is 914. The molecule has 0 N–H and O–H groups in total. The van der Waals surface area contributed by atoms with E-state index in [1.54, 1.807) is 55.0 Å². The molecule has 0 saturated carbocycles. The summed E-state index contributed by atoms with van der Waals surface area (Å²) in [5.74, 6) is 5.58. The first-order valence-electron chi connectivity index (χ1n) is 6.77. The van der Waals surface area contributed by atoms with Crippen molar-refractivity contribution in [2.75, 3.05) is 0 Å². The van der Waals surface area contributed by atoms with Crippen LogP contribution in [0.3, 0.4) is 0 Å². The minimum atomic E-state index is -0.211. The Labute approximate surface area is 138 Å². The summed E-state index contributed by atoms with van der Waals surface area (Å²) in [6.45, 7) is 0. The minimum absolute atomic E-state index is 0.211. The molecule has 110 valence electrons. The average Bonchev–Trinajstić information content (AvgIpc) is 2.61. The minimum Gasteiger partial charge on any atom is -0.288 e. The van der Waals surface area contributed by atoms with Crippen LogP contribution in [0.5, 0.6) is 0 Å². The molecule has 4 nitrogen and oxygen atoms in total. The van der Waals surface area contributed by atoms with Gasteiger partial charge in [-0.3, -0.25) is 4.79 Å². The average molecular weight is 320 g/mol. The van der Waals surface area contributed by atoms with E-state index in [2.05, 4.69) is 26.8 Å². The lowest BCUT2D eigenvalue weighted by Crippen LogP contribution is -2.06. The maximum Gasteiger partial charge on any atom is 0.197 e. The molecular formula is C18H10ClN3O. The van der Waals surface area contributed by atoms with Crippen molar-refractivity contribution in [1.82, 2.24) is 15.0 Å². The van der Waals surface area contributed by atoms with Gasteiger partial charge in [-0.15, -0.1) is 0 Å². The summed E-state index contributed by atoms with van der Waals surface area (Å²) < 4.78 is 0. The Morgan fingerprint density at radius 3 is 2.48 bits per heavy atom. The molecule has 0 amide bonds. The second kappa shape index (κ2) is 6.82. The van der Waals surface area contributed by atoms with Crippen LogP contribution < -0.4 is 0 Å². The van der Waals surface area contributed by atoms with Gasteiger partial charge in [0.15, 0.2) is 5.78 Å². The van der Waals surface area contributed by atoms with Crippen LogP contribution in [0, 0.1) is 11.8 Å². The molecule has 0 aliphatic rings. The molecular weight excluding hydrogens is 310 g/mol. The van der Waals surface area contributed by atoms with Crippen LogP contribution in [0.1, 0.15) is 27.2 Å². The van der Waals surface area contributed by atoms with Gasteiger partial charge in [0.25, 0.3) is 0 Å². The Kier molecular flexibility index (Phi) is 4.41. The molecule has 1 aromatic carbocycles. The van der Waals surface area contributed by atoms with Crippen LogP contribution in [0.15, 0.2) is 61.3 Å². The maximum absolute atomic E-state index is 12.7. The third-order valence-corrected chi connectivity index (χ3v) is 3.39. The molecule has 0 radical (unpaired) electrons. The van der Waals surface area contributed by atoms with Gasteiger partial charge in [0.05, 0.1) is 16.1 Å². The zero-order chi connectivity index (χ0) is 16.1. The van der Waals surface area contributed by atoms with Gasteiger partial charge in [-0.2, -0.15) is 0 Å². The van der Waals surface area contributed by atoms with Crippen molar-refractivity contribution in [3.63, 3.8) is 0 Å². The molecule has 3 rings (SSSR count). The van der Waals surface area contributed by atoms with Crippen LogP contribution >= 0.6 is 11.6 Å². The number of aromatic nitrogens is 3. The lowest BCUT2D eigenvalue weighted by molar-refractivity contribution is 0.103. The van der Waals surface area contributed by atoms with E-state index in [0.29, 0.717) is 27.4 Å². The van der Waals surface area contributed by atoms with E-state index in [4.69, 9.17) is 11.6 Å². The molecule has 5 heteroatoms. The van der Waals surface area contributed by atoms with Gasteiger partial charge < -0.3 is 0 Å².